The normalized spacial score (nSPS) is 14.2. The largest absolute Gasteiger partial charge is 0.508 e. The average Bonchev–Trinajstić information content (AvgIpc) is 2.92. The van der Waals surface area contributed by atoms with Gasteiger partial charge >= 0.3 is 4.87 Å². The number of nitrogens with zero attached hydrogens (tertiary/aromatic N) is 1. The molecule has 28 heavy (non-hydrogen) atoms. The van der Waals surface area contributed by atoms with Crippen LogP contribution in [0.4, 0.5) is 5.69 Å². The fraction of sp³-hybridized carbons (Fsp3) is 0.381. The van der Waals surface area contributed by atoms with Crippen molar-refractivity contribution in [2.75, 3.05) is 19.0 Å². The Bertz CT molecular complexity index is 1030. The zero-order chi connectivity index (χ0) is 20.7. The molecule has 4 N–H and O–H groups in total. The van der Waals surface area contributed by atoms with Crippen molar-refractivity contribution in [3.8, 4) is 5.75 Å². The van der Waals surface area contributed by atoms with Crippen LogP contribution in [-0.4, -0.2) is 34.8 Å². The first kappa shape index (κ1) is 20.4. The predicted octanol–water partition coefficient (Wildman–Crippen LogP) is 3.14. The molecule has 6 nitrogen and oxygen atoms in total. The van der Waals surface area contributed by atoms with Gasteiger partial charge in [-0.1, -0.05) is 23.5 Å². The van der Waals surface area contributed by atoms with Crippen molar-refractivity contribution in [3.63, 3.8) is 0 Å². The van der Waals surface area contributed by atoms with E-state index in [2.05, 4.69) is 34.6 Å². The lowest BCUT2D eigenvalue weighted by atomic mass is 9.91. The molecule has 2 aromatic carbocycles. The van der Waals surface area contributed by atoms with Gasteiger partial charge in [-0.2, -0.15) is 0 Å². The minimum Gasteiger partial charge on any atom is -0.508 e. The molecule has 0 aliphatic rings. The second-order valence-electron chi connectivity index (χ2n) is 8.20. The third-order valence-electron chi connectivity index (χ3n) is 4.71. The van der Waals surface area contributed by atoms with Gasteiger partial charge in [0, 0.05) is 37.0 Å². The molecular formula is C21H27N3O3S. The summed E-state index contributed by atoms with van der Waals surface area (Å²) in [5, 5.41) is 24.5. The van der Waals surface area contributed by atoms with Crippen LogP contribution in [0.15, 0.2) is 41.2 Å². The molecule has 0 unspecified atom stereocenters. The molecule has 7 heteroatoms. The number of nitrogens with one attached hydrogen (secondary N) is 2. The van der Waals surface area contributed by atoms with Gasteiger partial charge in [-0.15, -0.1) is 0 Å². The van der Waals surface area contributed by atoms with Gasteiger partial charge in [0.15, 0.2) is 0 Å². The molecule has 0 fully saturated rings. The number of fused-ring (bicyclic) bond motifs is 1. The third-order valence-corrected chi connectivity index (χ3v) is 5.64. The number of aliphatic hydroxyl groups is 1. The molecule has 150 valence electrons. The number of aromatic nitrogens is 1. The maximum absolute atomic E-state index is 11.8. The number of rotatable bonds is 6. The number of benzene rings is 2. The molecule has 0 aliphatic carbocycles. The molecule has 0 aliphatic heterocycles. The highest BCUT2D eigenvalue weighted by atomic mass is 32.1. The van der Waals surface area contributed by atoms with E-state index in [-0.39, 0.29) is 10.6 Å². The fourth-order valence-electron chi connectivity index (χ4n) is 3.60. The van der Waals surface area contributed by atoms with Gasteiger partial charge in [0.2, 0.25) is 0 Å². The predicted molar refractivity (Wildman–Crippen MR) is 115 cm³/mol. The van der Waals surface area contributed by atoms with Crippen LogP contribution in [0, 0.1) is 0 Å². The summed E-state index contributed by atoms with van der Waals surface area (Å²) in [5.74, 6) is -0.00398. The first-order valence-electron chi connectivity index (χ1n) is 9.11. The van der Waals surface area contributed by atoms with Gasteiger partial charge in [0.05, 0.1) is 10.2 Å². The second-order valence-corrected chi connectivity index (χ2v) is 9.19. The monoisotopic (exact) mass is 401 g/mol. The Hall–Kier alpha value is -2.35. The van der Waals surface area contributed by atoms with Crippen LogP contribution in [0.1, 0.15) is 31.9 Å². The van der Waals surface area contributed by atoms with Gasteiger partial charge in [-0.25, -0.2) is 0 Å². The van der Waals surface area contributed by atoms with Crippen LogP contribution in [-0.2, 0) is 12.1 Å². The van der Waals surface area contributed by atoms with E-state index in [9.17, 15) is 15.0 Å². The van der Waals surface area contributed by atoms with E-state index >= 15 is 0 Å². The van der Waals surface area contributed by atoms with Crippen LogP contribution < -0.4 is 15.1 Å². The quantitative estimate of drug-likeness (QED) is 0.477. The van der Waals surface area contributed by atoms with Gasteiger partial charge in [-0.05, 0) is 51.0 Å². The molecule has 0 saturated carbocycles. The summed E-state index contributed by atoms with van der Waals surface area (Å²) in [4.78, 5) is 16.3. The Morgan fingerprint density at radius 2 is 1.79 bits per heavy atom. The van der Waals surface area contributed by atoms with Gasteiger partial charge in [0.25, 0.3) is 0 Å². The Labute approximate surface area is 168 Å². The van der Waals surface area contributed by atoms with Crippen LogP contribution >= 0.6 is 11.3 Å². The number of aromatic hydroxyl groups is 1. The first-order chi connectivity index (χ1) is 13.0. The number of hydrogen-bond acceptors (Lipinski definition) is 6. The highest BCUT2D eigenvalue weighted by Gasteiger charge is 2.33. The Morgan fingerprint density at radius 3 is 2.39 bits per heavy atom. The molecule has 1 heterocycles. The molecule has 1 atom stereocenters. The van der Waals surface area contributed by atoms with Crippen molar-refractivity contribution in [2.45, 2.75) is 38.5 Å². The van der Waals surface area contributed by atoms with Crippen LogP contribution in [0.2, 0.25) is 0 Å². The fourth-order valence-corrected chi connectivity index (χ4v) is 4.53. The van der Waals surface area contributed by atoms with Crippen molar-refractivity contribution in [1.29, 1.82) is 0 Å². The van der Waals surface area contributed by atoms with E-state index in [1.807, 2.05) is 32.8 Å². The van der Waals surface area contributed by atoms with Crippen LogP contribution in [0.3, 0.4) is 0 Å². The summed E-state index contributed by atoms with van der Waals surface area (Å²) >= 11 is 1.02. The smallest absolute Gasteiger partial charge is 0.305 e. The summed E-state index contributed by atoms with van der Waals surface area (Å²) in [6.07, 6.45) is 0.697. The standard InChI is InChI=1S/C21H27N3O3S/c1-20(2,12-13-6-8-14(9-7-13)24(4)5)23-21(3,27)16-10-15(25)11-17-18(16)28-19(26)22-17/h6-11,23,25,27H,12H2,1-5H3,(H,22,26)/t21-/m0/s1. The highest BCUT2D eigenvalue weighted by molar-refractivity contribution is 7.16. The highest BCUT2D eigenvalue weighted by Crippen LogP contribution is 2.33. The Balaban J connectivity index is 1.87. The van der Waals surface area contributed by atoms with Gasteiger partial charge in [-0.3, -0.25) is 10.1 Å². The Kier molecular flexibility index (Phi) is 5.27. The average molecular weight is 402 g/mol. The minimum absolute atomic E-state index is 0.00398. The van der Waals surface area contributed by atoms with Crippen molar-refractivity contribution < 1.29 is 10.2 Å². The van der Waals surface area contributed by atoms with Crippen molar-refractivity contribution in [1.82, 2.24) is 10.3 Å². The maximum Gasteiger partial charge on any atom is 0.305 e. The van der Waals surface area contributed by atoms with Crippen molar-refractivity contribution >= 4 is 27.2 Å². The molecule has 0 bridgehead atoms. The number of H-pyrrole nitrogens is 1. The number of phenolic OH excluding ortho intramolecular Hbond substituents is 1. The van der Waals surface area contributed by atoms with E-state index in [0.717, 1.165) is 22.6 Å². The summed E-state index contributed by atoms with van der Waals surface area (Å²) < 4.78 is 0.631. The van der Waals surface area contributed by atoms with E-state index in [4.69, 9.17) is 0 Å². The van der Waals surface area contributed by atoms with Crippen molar-refractivity contribution in [2.24, 2.45) is 0 Å². The van der Waals surface area contributed by atoms with Gasteiger partial charge in [0.1, 0.15) is 11.5 Å². The summed E-state index contributed by atoms with van der Waals surface area (Å²) in [7, 11) is 4.01. The van der Waals surface area contributed by atoms with Crippen molar-refractivity contribution in [3.05, 3.63) is 57.2 Å². The number of anilines is 1. The van der Waals surface area contributed by atoms with E-state index in [1.165, 1.54) is 12.1 Å². The summed E-state index contributed by atoms with van der Waals surface area (Å²) in [6, 6.07) is 11.3. The van der Waals surface area contributed by atoms with E-state index in [1.54, 1.807) is 6.92 Å². The van der Waals surface area contributed by atoms with Crippen LogP contribution in [0.25, 0.3) is 10.2 Å². The lowest BCUT2D eigenvalue weighted by Gasteiger charge is -2.37. The molecule has 3 rings (SSSR count). The lowest BCUT2D eigenvalue weighted by molar-refractivity contribution is -0.00627. The summed E-state index contributed by atoms with van der Waals surface area (Å²) in [5.41, 5.74) is 1.39. The Morgan fingerprint density at radius 1 is 1.14 bits per heavy atom. The molecular weight excluding hydrogens is 374 g/mol. The number of hydrogen-bond donors (Lipinski definition) is 4. The van der Waals surface area contributed by atoms with E-state index in [0.29, 0.717) is 22.2 Å². The SMILES string of the molecule is CN(C)c1ccc(CC(C)(C)N[C@@](C)(O)c2cc(O)cc3[nH]c(=O)sc23)cc1. The number of thiazole rings is 1. The number of phenols is 1. The third kappa shape index (κ3) is 4.38. The first-order valence-corrected chi connectivity index (χ1v) is 9.93. The molecule has 1 aromatic heterocycles. The lowest BCUT2D eigenvalue weighted by Crippen LogP contribution is -2.53. The zero-order valence-corrected chi connectivity index (χ0v) is 17.6. The zero-order valence-electron chi connectivity index (χ0n) is 16.8. The molecule has 0 amide bonds. The van der Waals surface area contributed by atoms with Crippen LogP contribution in [0.5, 0.6) is 5.75 Å². The summed E-state index contributed by atoms with van der Waals surface area (Å²) in [6.45, 7) is 5.67. The topological polar surface area (TPSA) is 88.6 Å². The minimum atomic E-state index is -1.44. The molecule has 0 radical (unpaired) electrons. The number of aromatic amines is 1. The molecule has 0 saturated heterocycles. The molecule has 3 aromatic rings. The molecule has 0 spiro atoms. The second kappa shape index (κ2) is 7.24. The van der Waals surface area contributed by atoms with E-state index < -0.39 is 11.3 Å². The van der Waals surface area contributed by atoms with Gasteiger partial charge < -0.3 is 20.1 Å². The maximum atomic E-state index is 11.8.